The summed E-state index contributed by atoms with van der Waals surface area (Å²) >= 11 is 10.0. The Labute approximate surface area is 143 Å². The molecule has 1 heterocycles. The molecule has 0 saturated heterocycles. The van der Waals surface area contributed by atoms with Crippen molar-refractivity contribution in [1.82, 2.24) is 0 Å². The molecule has 0 aromatic heterocycles. The first kappa shape index (κ1) is 15.5. The van der Waals surface area contributed by atoms with E-state index in [9.17, 15) is 0 Å². The Bertz CT molecular complexity index is 671. The molecule has 2 aromatic carbocycles. The van der Waals surface area contributed by atoms with Gasteiger partial charge in [-0.3, -0.25) is 0 Å². The Kier molecular flexibility index (Phi) is 4.79. The molecule has 0 radical (unpaired) electrons. The molecule has 3 rings (SSSR count). The third kappa shape index (κ3) is 3.18. The van der Waals surface area contributed by atoms with E-state index in [4.69, 9.17) is 25.8 Å². The zero-order chi connectivity index (χ0) is 15.5. The van der Waals surface area contributed by atoms with Gasteiger partial charge in [0.15, 0.2) is 11.5 Å². The van der Waals surface area contributed by atoms with E-state index in [1.54, 1.807) is 0 Å². The van der Waals surface area contributed by atoms with Gasteiger partial charge in [0.1, 0.15) is 19.0 Å². The van der Waals surface area contributed by atoms with Crippen molar-refractivity contribution in [2.45, 2.75) is 13.3 Å². The quantitative estimate of drug-likeness (QED) is 0.754. The fourth-order valence-corrected chi connectivity index (χ4v) is 3.24. The van der Waals surface area contributed by atoms with Crippen molar-refractivity contribution in [2.24, 2.45) is 0 Å². The average molecular weight is 384 g/mol. The summed E-state index contributed by atoms with van der Waals surface area (Å²) in [7, 11) is 0. The first-order valence-corrected chi connectivity index (χ1v) is 8.34. The van der Waals surface area contributed by atoms with Crippen LogP contribution in [0.1, 0.15) is 18.1 Å². The Hall–Kier alpha value is -1.39. The summed E-state index contributed by atoms with van der Waals surface area (Å²) in [6.45, 7) is 3.70. The zero-order valence-electron chi connectivity index (χ0n) is 12.2. The van der Waals surface area contributed by atoms with Gasteiger partial charge in [0, 0.05) is 0 Å². The highest BCUT2D eigenvalue weighted by atomic mass is 79.9. The highest BCUT2D eigenvalue weighted by Crippen LogP contribution is 2.45. The van der Waals surface area contributed by atoms with Crippen molar-refractivity contribution in [3.8, 4) is 17.2 Å². The van der Waals surface area contributed by atoms with Gasteiger partial charge in [-0.05, 0) is 58.6 Å². The molecule has 0 unspecified atom stereocenters. The summed E-state index contributed by atoms with van der Waals surface area (Å²) in [5, 5.41) is 0.617. The second kappa shape index (κ2) is 6.80. The molecule has 0 atom stereocenters. The molecule has 2 aromatic rings. The summed E-state index contributed by atoms with van der Waals surface area (Å²) in [5.41, 5.74) is 2.16. The normalized spacial score (nSPS) is 13.0. The zero-order valence-corrected chi connectivity index (χ0v) is 14.5. The summed E-state index contributed by atoms with van der Waals surface area (Å²) in [6, 6.07) is 10.0. The lowest BCUT2D eigenvalue weighted by atomic mass is 10.0. The predicted molar refractivity (Wildman–Crippen MR) is 90.6 cm³/mol. The van der Waals surface area contributed by atoms with Gasteiger partial charge in [-0.15, -0.1) is 0 Å². The van der Waals surface area contributed by atoms with Gasteiger partial charge in [-0.1, -0.05) is 23.7 Å². The molecule has 0 spiro atoms. The Morgan fingerprint density at radius 3 is 2.50 bits per heavy atom. The second-order valence-electron chi connectivity index (χ2n) is 4.94. The van der Waals surface area contributed by atoms with Crippen LogP contribution in [-0.2, 0) is 6.42 Å². The molecule has 0 bridgehead atoms. The molecular formula is C17H16BrClO3. The lowest BCUT2D eigenvalue weighted by Gasteiger charge is -2.22. The van der Waals surface area contributed by atoms with E-state index in [-0.39, 0.29) is 0 Å². The van der Waals surface area contributed by atoms with Crippen LogP contribution in [0.5, 0.6) is 17.2 Å². The standard InChI is InChI=1S/C17H16BrClO3/c1-2-20-13-5-3-11(4-6-13)9-12-10-14(18)16-17(15(12)19)22-8-7-21-16/h3-6,10H,2,7-9H2,1H3. The summed E-state index contributed by atoms with van der Waals surface area (Å²) < 4.78 is 17.6. The van der Waals surface area contributed by atoms with Crippen LogP contribution >= 0.6 is 27.5 Å². The van der Waals surface area contributed by atoms with E-state index in [0.717, 1.165) is 27.8 Å². The van der Waals surface area contributed by atoms with Crippen LogP contribution in [-0.4, -0.2) is 19.8 Å². The number of hydrogen-bond donors (Lipinski definition) is 0. The molecule has 0 N–H and O–H groups in total. The molecule has 5 heteroatoms. The van der Waals surface area contributed by atoms with Gasteiger partial charge in [0.2, 0.25) is 0 Å². The largest absolute Gasteiger partial charge is 0.494 e. The smallest absolute Gasteiger partial charge is 0.181 e. The lowest BCUT2D eigenvalue weighted by Crippen LogP contribution is -2.16. The number of ether oxygens (including phenoxy) is 3. The van der Waals surface area contributed by atoms with Gasteiger partial charge < -0.3 is 14.2 Å². The third-order valence-electron chi connectivity index (χ3n) is 3.41. The monoisotopic (exact) mass is 382 g/mol. The van der Waals surface area contributed by atoms with E-state index >= 15 is 0 Å². The lowest BCUT2D eigenvalue weighted by molar-refractivity contribution is 0.170. The molecule has 22 heavy (non-hydrogen) atoms. The average Bonchev–Trinajstić information content (AvgIpc) is 2.54. The minimum absolute atomic E-state index is 0.520. The topological polar surface area (TPSA) is 27.7 Å². The van der Waals surface area contributed by atoms with Crippen molar-refractivity contribution in [3.63, 3.8) is 0 Å². The van der Waals surface area contributed by atoms with Gasteiger partial charge in [-0.25, -0.2) is 0 Å². The van der Waals surface area contributed by atoms with E-state index in [1.807, 2.05) is 37.3 Å². The van der Waals surface area contributed by atoms with Gasteiger partial charge in [0.05, 0.1) is 16.1 Å². The third-order valence-corrected chi connectivity index (χ3v) is 4.41. The summed E-state index contributed by atoms with van der Waals surface area (Å²) in [6.07, 6.45) is 0.723. The second-order valence-corrected chi connectivity index (χ2v) is 6.17. The Morgan fingerprint density at radius 1 is 1.14 bits per heavy atom. The van der Waals surface area contributed by atoms with Crippen molar-refractivity contribution in [3.05, 3.63) is 51.0 Å². The van der Waals surface area contributed by atoms with Crippen LogP contribution < -0.4 is 14.2 Å². The van der Waals surface area contributed by atoms with E-state index in [1.165, 1.54) is 0 Å². The molecule has 1 aliphatic rings. The Morgan fingerprint density at radius 2 is 1.82 bits per heavy atom. The maximum atomic E-state index is 6.48. The van der Waals surface area contributed by atoms with Crippen LogP contribution in [0.25, 0.3) is 0 Å². The summed E-state index contributed by atoms with van der Waals surface area (Å²) in [4.78, 5) is 0. The Balaban J connectivity index is 1.87. The fraction of sp³-hybridized carbons (Fsp3) is 0.294. The van der Waals surface area contributed by atoms with Crippen molar-refractivity contribution >= 4 is 27.5 Å². The maximum Gasteiger partial charge on any atom is 0.181 e. The van der Waals surface area contributed by atoms with E-state index in [2.05, 4.69) is 15.9 Å². The van der Waals surface area contributed by atoms with E-state index in [0.29, 0.717) is 36.3 Å². The first-order valence-electron chi connectivity index (χ1n) is 7.17. The molecular weight excluding hydrogens is 368 g/mol. The molecule has 0 fully saturated rings. The van der Waals surface area contributed by atoms with Crippen LogP contribution in [0.15, 0.2) is 34.8 Å². The van der Waals surface area contributed by atoms with Gasteiger partial charge >= 0.3 is 0 Å². The molecule has 1 aliphatic heterocycles. The number of halogens is 2. The van der Waals surface area contributed by atoms with Crippen LogP contribution in [0, 0.1) is 0 Å². The predicted octanol–water partition coefficient (Wildman–Crippen LogP) is 4.86. The fourth-order valence-electron chi connectivity index (χ4n) is 2.41. The molecule has 0 amide bonds. The summed E-state index contributed by atoms with van der Waals surface area (Å²) in [5.74, 6) is 2.19. The van der Waals surface area contributed by atoms with Crippen molar-refractivity contribution < 1.29 is 14.2 Å². The first-order chi connectivity index (χ1) is 10.7. The minimum Gasteiger partial charge on any atom is -0.494 e. The molecule has 0 saturated carbocycles. The number of fused-ring (bicyclic) bond motifs is 1. The number of benzene rings is 2. The molecule has 3 nitrogen and oxygen atoms in total. The van der Waals surface area contributed by atoms with Crippen molar-refractivity contribution in [1.29, 1.82) is 0 Å². The maximum absolute atomic E-state index is 6.48. The minimum atomic E-state index is 0.520. The SMILES string of the molecule is CCOc1ccc(Cc2cc(Br)c3c(c2Cl)OCCO3)cc1. The highest BCUT2D eigenvalue weighted by Gasteiger charge is 2.21. The van der Waals surface area contributed by atoms with E-state index < -0.39 is 0 Å². The van der Waals surface area contributed by atoms with Crippen LogP contribution in [0.2, 0.25) is 5.02 Å². The van der Waals surface area contributed by atoms with Gasteiger partial charge in [0.25, 0.3) is 0 Å². The highest BCUT2D eigenvalue weighted by molar-refractivity contribution is 9.10. The van der Waals surface area contributed by atoms with Crippen LogP contribution in [0.3, 0.4) is 0 Å². The van der Waals surface area contributed by atoms with Crippen molar-refractivity contribution in [2.75, 3.05) is 19.8 Å². The van der Waals surface area contributed by atoms with Crippen LogP contribution in [0.4, 0.5) is 0 Å². The van der Waals surface area contributed by atoms with Gasteiger partial charge in [-0.2, -0.15) is 0 Å². The number of hydrogen-bond acceptors (Lipinski definition) is 3. The number of rotatable bonds is 4. The molecule has 116 valence electrons. The molecule has 0 aliphatic carbocycles.